The standard InChI is InChI=1S/C29H47N2P2.C5H5.Fe/c1-27(2,3)22-13-25(28(17-32)23-9-18-8-19(11-23)12-24(28)10-18)26(14-22)29(33,20-4-6-30-15-20)21-5-7-31-16-21;1-2-4-5-3-1;/h13-14,18-21,23-24,30-31H,4-12,15-17,32-33H2,1-3H3;1-5H;/q-1;-5;. The van der Waals surface area contributed by atoms with E-state index in [-0.39, 0.29) is 27.6 Å². The third kappa shape index (κ3) is 5.34. The molecule has 222 valence electrons. The largest absolute Gasteiger partial charge is 0.748 e. The van der Waals surface area contributed by atoms with Crippen molar-refractivity contribution in [2.75, 3.05) is 32.3 Å². The fourth-order valence-corrected chi connectivity index (χ4v) is 11.5. The maximum absolute atomic E-state index is 3.74. The van der Waals surface area contributed by atoms with Crippen LogP contribution < -0.4 is 10.6 Å². The third-order valence-electron chi connectivity index (χ3n) is 11.7. The van der Waals surface area contributed by atoms with Gasteiger partial charge in [-0.1, -0.05) is 31.6 Å². The van der Waals surface area contributed by atoms with Crippen LogP contribution in [0.15, 0.2) is 42.5 Å². The first kappa shape index (κ1) is 30.5. The van der Waals surface area contributed by atoms with Crippen LogP contribution in [0.5, 0.6) is 0 Å². The summed E-state index contributed by atoms with van der Waals surface area (Å²) in [7, 11) is 6.83. The molecule has 5 heteroatoms. The van der Waals surface area contributed by atoms with Gasteiger partial charge in [-0.2, -0.15) is 28.8 Å². The molecule has 0 spiro atoms. The average molecular weight is 607 g/mol. The molecule has 4 aliphatic carbocycles. The summed E-state index contributed by atoms with van der Waals surface area (Å²) in [5.74, 6) is 5.29. The van der Waals surface area contributed by atoms with E-state index in [0.29, 0.717) is 5.41 Å². The van der Waals surface area contributed by atoms with Gasteiger partial charge in [0.1, 0.15) is 0 Å². The van der Waals surface area contributed by atoms with E-state index in [4.69, 9.17) is 0 Å². The predicted octanol–water partition coefficient (Wildman–Crippen LogP) is 6.96. The molecule has 4 saturated carbocycles. The summed E-state index contributed by atoms with van der Waals surface area (Å²) in [6, 6.07) is 15.5. The number of nitrogens with one attached hydrogen (secondary N) is 2. The van der Waals surface area contributed by atoms with Crippen LogP contribution in [0.1, 0.15) is 82.4 Å². The van der Waals surface area contributed by atoms with E-state index >= 15 is 0 Å². The van der Waals surface area contributed by atoms with Crippen LogP contribution in [-0.4, -0.2) is 32.3 Å². The molecule has 0 radical (unpaired) electrons. The van der Waals surface area contributed by atoms with Crippen LogP contribution >= 0.6 is 18.5 Å². The molecule has 0 amide bonds. The molecule has 4 unspecified atom stereocenters. The minimum Gasteiger partial charge on any atom is -0.748 e. The van der Waals surface area contributed by atoms with Gasteiger partial charge in [0.15, 0.2) is 0 Å². The summed E-state index contributed by atoms with van der Waals surface area (Å²) >= 11 is 0. The number of rotatable bonds is 5. The van der Waals surface area contributed by atoms with Crippen molar-refractivity contribution in [1.29, 1.82) is 0 Å². The molecule has 2 aromatic rings. The van der Waals surface area contributed by atoms with E-state index in [0.717, 1.165) is 35.5 Å². The predicted molar refractivity (Wildman–Crippen MR) is 169 cm³/mol. The molecular weight excluding hydrogens is 554 g/mol. The van der Waals surface area contributed by atoms with Crippen LogP contribution in [0, 0.1) is 35.5 Å². The summed E-state index contributed by atoms with van der Waals surface area (Å²) in [5, 5.41) is 7.68. The summed E-state index contributed by atoms with van der Waals surface area (Å²) in [6.07, 6.45) is 11.4. The zero-order valence-electron chi connectivity index (χ0n) is 24.5. The smallest absolute Gasteiger partial charge is 0 e. The fraction of sp³-hybridized carbons (Fsp3) is 0.706. The Bertz CT molecular complexity index is 994. The van der Waals surface area contributed by atoms with E-state index in [1.165, 1.54) is 77.3 Å². The van der Waals surface area contributed by atoms with Gasteiger partial charge in [0.25, 0.3) is 0 Å². The molecule has 4 bridgehead atoms. The zero-order chi connectivity index (χ0) is 26.5. The molecule has 2 heterocycles. The Kier molecular flexibility index (Phi) is 9.33. The van der Waals surface area contributed by atoms with Crippen LogP contribution in [0.3, 0.4) is 0 Å². The summed E-state index contributed by atoms with van der Waals surface area (Å²) < 4.78 is 0. The number of hydrogen-bond donors (Lipinski definition) is 2. The van der Waals surface area contributed by atoms with Gasteiger partial charge in [-0.05, 0) is 118 Å². The van der Waals surface area contributed by atoms with Gasteiger partial charge in [0.2, 0.25) is 0 Å². The van der Waals surface area contributed by atoms with Crippen LogP contribution in [0.25, 0.3) is 0 Å². The Balaban J connectivity index is 0.000000464. The Morgan fingerprint density at radius 2 is 1.33 bits per heavy atom. The Morgan fingerprint density at radius 1 is 0.846 bits per heavy atom. The first-order valence-corrected chi connectivity index (χ1v) is 17.1. The van der Waals surface area contributed by atoms with E-state index in [2.05, 4.69) is 62.0 Å². The second-order valence-corrected chi connectivity index (χ2v) is 16.0. The van der Waals surface area contributed by atoms with Crippen molar-refractivity contribution >= 4 is 18.5 Å². The van der Waals surface area contributed by atoms with Crippen molar-refractivity contribution in [1.82, 2.24) is 10.6 Å². The molecular formula is C34H52FeN2P2-6. The van der Waals surface area contributed by atoms with Crippen LogP contribution in [-0.2, 0) is 33.1 Å². The van der Waals surface area contributed by atoms with Crippen molar-refractivity contribution in [3.05, 3.63) is 59.2 Å². The van der Waals surface area contributed by atoms with E-state index in [1.807, 2.05) is 30.3 Å². The Labute approximate surface area is 254 Å². The Morgan fingerprint density at radius 3 is 1.72 bits per heavy atom. The molecule has 2 N–H and O–H groups in total. The third-order valence-corrected chi connectivity index (χ3v) is 13.6. The molecule has 2 saturated heterocycles. The summed E-state index contributed by atoms with van der Waals surface area (Å²) in [6.45, 7) is 12.0. The van der Waals surface area contributed by atoms with Crippen molar-refractivity contribution < 1.29 is 17.1 Å². The van der Waals surface area contributed by atoms with E-state index in [9.17, 15) is 0 Å². The average Bonchev–Trinajstić information content (AvgIpc) is 3.72. The summed E-state index contributed by atoms with van der Waals surface area (Å²) in [4.78, 5) is 0. The van der Waals surface area contributed by atoms with Gasteiger partial charge in [0, 0.05) is 17.1 Å². The van der Waals surface area contributed by atoms with Crippen LogP contribution in [0.4, 0.5) is 0 Å². The molecule has 39 heavy (non-hydrogen) atoms. The van der Waals surface area contributed by atoms with Crippen molar-refractivity contribution in [2.45, 2.75) is 81.7 Å². The van der Waals surface area contributed by atoms with Gasteiger partial charge in [-0.25, -0.2) is 0 Å². The first-order valence-electron chi connectivity index (χ1n) is 15.7. The SMILES string of the molecule is CC(C)(C)[c-]1cc(C(P)(C2CCNC2)C2CCNC2)c(C2(CP)C3CC4CC(C3)CC2C4)c1.[Fe].[cH-]1[cH-][cH-][cH-][cH-]1. The fourth-order valence-electron chi connectivity index (χ4n) is 9.81. The second-order valence-electron chi connectivity index (χ2n) is 14.6. The van der Waals surface area contributed by atoms with Gasteiger partial charge < -0.3 is 41.0 Å². The summed E-state index contributed by atoms with van der Waals surface area (Å²) in [5.41, 5.74) is 5.72. The van der Waals surface area contributed by atoms with E-state index in [1.54, 1.807) is 16.7 Å². The molecule has 2 aliphatic heterocycles. The monoisotopic (exact) mass is 606 g/mol. The molecule has 4 atom stereocenters. The van der Waals surface area contributed by atoms with Crippen LogP contribution in [0.2, 0.25) is 0 Å². The Hall–Kier alpha value is -0.000519. The first-order chi connectivity index (χ1) is 18.3. The normalized spacial score (nSPS) is 36.7. The van der Waals surface area contributed by atoms with Crippen molar-refractivity contribution in [3.63, 3.8) is 0 Å². The topological polar surface area (TPSA) is 24.1 Å². The molecule has 6 fully saturated rings. The van der Waals surface area contributed by atoms with Crippen molar-refractivity contribution in [2.24, 2.45) is 35.5 Å². The number of hydrogen-bond acceptors (Lipinski definition) is 2. The molecule has 6 aliphatic rings. The minimum atomic E-state index is 0. The maximum Gasteiger partial charge on any atom is 0 e. The van der Waals surface area contributed by atoms with E-state index < -0.39 is 0 Å². The second kappa shape index (κ2) is 11.9. The van der Waals surface area contributed by atoms with Gasteiger partial charge >= 0.3 is 0 Å². The molecule has 8 rings (SSSR count). The minimum absolute atomic E-state index is 0. The maximum atomic E-state index is 3.74. The zero-order valence-corrected chi connectivity index (χ0v) is 27.9. The van der Waals surface area contributed by atoms with Crippen molar-refractivity contribution in [3.8, 4) is 0 Å². The molecule has 2 nitrogen and oxygen atoms in total. The molecule has 0 aromatic heterocycles. The van der Waals surface area contributed by atoms with Gasteiger partial charge in [-0.15, -0.1) is 18.5 Å². The van der Waals surface area contributed by atoms with Gasteiger partial charge in [0.05, 0.1) is 0 Å². The quantitative estimate of drug-likeness (QED) is 0.219. The molecule has 2 aromatic carbocycles. The van der Waals surface area contributed by atoms with Gasteiger partial charge in [-0.3, -0.25) is 0 Å².